The standard InChI is InChI=1S/C12H24N2O4/c1-5-17-9-14-11(18-6-2)10(3)13(12(14)15)7-8-16-4/h10-11H,5-9H2,1-4H3. The van der Waals surface area contributed by atoms with Crippen LogP contribution in [-0.4, -0.2) is 68.3 Å². The summed E-state index contributed by atoms with van der Waals surface area (Å²) >= 11 is 0. The number of carbonyl (C=O) groups excluding carboxylic acids is 1. The van der Waals surface area contributed by atoms with Gasteiger partial charge in [0.1, 0.15) is 6.73 Å². The molecule has 0 aromatic rings. The number of urea groups is 1. The van der Waals surface area contributed by atoms with Gasteiger partial charge in [0.15, 0.2) is 6.23 Å². The van der Waals surface area contributed by atoms with E-state index in [1.165, 1.54) is 0 Å². The van der Waals surface area contributed by atoms with Crippen molar-refractivity contribution in [3.05, 3.63) is 0 Å². The van der Waals surface area contributed by atoms with E-state index in [-0.39, 0.29) is 25.0 Å². The highest BCUT2D eigenvalue weighted by Crippen LogP contribution is 2.23. The summed E-state index contributed by atoms with van der Waals surface area (Å²) in [7, 11) is 1.63. The summed E-state index contributed by atoms with van der Waals surface area (Å²) in [5.41, 5.74) is 0. The van der Waals surface area contributed by atoms with E-state index in [0.717, 1.165) is 0 Å². The fraction of sp³-hybridized carbons (Fsp3) is 0.917. The molecule has 106 valence electrons. The van der Waals surface area contributed by atoms with Gasteiger partial charge in [-0.25, -0.2) is 4.79 Å². The summed E-state index contributed by atoms with van der Waals surface area (Å²) in [6.45, 7) is 8.34. The lowest BCUT2D eigenvalue weighted by Gasteiger charge is -2.24. The maximum absolute atomic E-state index is 12.2. The molecule has 0 aromatic heterocycles. The Kier molecular flexibility index (Phi) is 6.38. The van der Waals surface area contributed by atoms with Gasteiger partial charge in [0.05, 0.1) is 12.6 Å². The van der Waals surface area contributed by atoms with Crippen molar-refractivity contribution >= 4 is 6.03 Å². The van der Waals surface area contributed by atoms with Crippen molar-refractivity contribution in [1.82, 2.24) is 9.80 Å². The third-order valence-electron chi connectivity index (χ3n) is 3.01. The topological polar surface area (TPSA) is 51.2 Å². The van der Waals surface area contributed by atoms with E-state index in [4.69, 9.17) is 14.2 Å². The van der Waals surface area contributed by atoms with Gasteiger partial charge in [-0.2, -0.15) is 0 Å². The maximum Gasteiger partial charge on any atom is 0.324 e. The zero-order valence-electron chi connectivity index (χ0n) is 11.7. The van der Waals surface area contributed by atoms with Crippen LogP contribution in [0, 0.1) is 0 Å². The Bertz CT molecular complexity index is 262. The van der Waals surface area contributed by atoms with Crippen molar-refractivity contribution in [1.29, 1.82) is 0 Å². The first-order valence-electron chi connectivity index (χ1n) is 6.42. The van der Waals surface area contributed by atoms with Crippen LogP contribution in [0.2, 0.25) is 0 Å². The van der Waals surface area contributed by atoms with E-state index in [0.29, 0.717) is 26.4 Å². The number of amides is 2. The Morgan fingerprint density at radius 2 is 1.94 bits per heavy atom. The largest absolute Gasteiger partial charge is 0.383 e. The molecule has 0 bridgehead atoms. The van der Waals surface area contributed by atoms with Gasteiger partial charge < -0.3 is 19.1 Å². The van der Waals surface area contributed by atoms with Gasteiger partial charge in [0.2, 0.25) is 0 Å². The number of rotatable bonds is 8. The van der Waals surface area contributed by atoms with Crippen LogP contribution in [0.5, 0.6) is 0 Å². The molecule has 6 heteroatoms. The summed E-state index contributed by atoms with van der Waals surface area (Å²) in [6, 6.07) is -0.0421. The third kappa shape index (κ3) is 3.34. The molecule has 0 spiro atoms. The summed E-state index contributed by atoms with van der Waals surface area (Å²) < 4.78 is 16.0. The molecule has 2 amide bonds. The predicted molar refractivity (Wildman–Crippen MR) is 67.2 cm³/mol. The van der Waals surface area contributed by atoms with E-state index >= 15 is 0 Å². The fourth-order valence-corrected chi connectivity index (χ4v) is 2.07. The summed E-state index contributed by atoms with van der Waals surface area (Å²) in [5.74, 6) is 0. The van der Waals surface area contributed by atoms with Crippen molar-refractivity contribution in [2.75, 3.05) is 40.2 Å². The van der Waals surface area contributed by atoms with Gasteiger partial charge in [-0.3, -0.25) is 4.90 Å². The molecule has 0 saturated carbocycles. The molecule has 6 nitrogen and oxygen atoms in total. The lowest BCUT2D eigenvalue weighted by atomic mass is 10.3. The lowest BCUT2D eigenvalue weighted by molar-refractivity contribution is -0.0706. The van der Waals surface area contributed by atoms with Crippen molar-refractivity contribution < 1.29 is 19.0 Å². The summed E-state index contributed by atoms with van der Waals surface area (Å²) in [4.78, 5) is 15.6. The van der Waals surface area contributed by atoms with E-state index < -0.39 is 0 Å². The third-order valence-corrected chi connectivity index (χ3v) is 3.01. The average molecular weight is 260 g/mol. The van der Waals surface area contributed by atoms with Crippen molar-refractivity contribution in [2.45, 2.75) is 33.0 Å². The number of nitrogens with zero attached hydrogens (tertiary/aromatic N) is 2. The molecule has 1 rings (SSSR count). The first-order valence-corrected chi connectivity index (χ1v) is 6.42. The highest BCUT2D eigenvalue weighted by atomic mass is 16.5. The Labute approximate surface area is 109 Å². The number of hydrogen-bond donors (Lipinski definition) is 0. The van der Waals surface area contributed by atoms with Crippen LogP contribution in [0.1, 0.15) is 20.8 Å². The van der Waals surface area contributed by atoms with Crippen LogP contribution in [0.3, 0.4) is 0 Å². The second-order valence-corrected chi connectivity index (χ2v) is 4.15. The monoisotopic (exact) mass is 260 g/mol. The lowest BCUT2D eigenvalue weighted by Crippen LogP contribution is -2.39. The van der Waals surface area contributed by atoms with Crippen LogP contribution >= 0.6 is 0 Å². The first kappa shape index (κ1) is 15.2. The van der Waals surface area contributed by atoms with Crippen LogP contribution in [0.4, 0.5) is 4.79 Å². The molecule has 1 aliphatic rings. The average Bonchev–Trinajstić information content (AvgIpc) is 2.58. The number of methoxy groups -OCH3 is 1. The molecule has 0 N–H and O–H groups in total. The van der Waals surface area contributed by atoms with Gasteiger partial charge in [-0.15, -0.1) is 0 Å². The van der Waals surface area contributed by atoms with Crippen molar-refractivity contribution in [2.24, 2.45) is 0 Å². The minimum absolute atomic E-state index is 0.00746. The van der Waals surface area contributed by atoms with Crippen molar-refractivity contribution in [3.63, 3.8) is 0 Å². The summed E-state index contributed by atoms with van der Waals surface area (Å²) in [6.07, 6.45) is -0.245. The quantitative estimate of drug-likeness (QED) is 0.656. The van der Waals surface area contributed by atoms with Gasteiger partial charge in [-0.1, -0.05) is 0 Å². The molecule has 0 radical (unpaired) electrons. The molecule has 2 unspecified atom stereocenters. The molecule has 1 aliphatic heterocycles. The van der Waals surface area contributed by atoms with Crippen molar-refractivity contribution in [3.8, 4) is 0 Å². The summed E-state index contributed by atoms with van der Waals surface area (Å²) in [5, 5.41) is 0. The van der Waals surface area contributed by atoms with E-state index in [1.54, 1.807) is 16.9 Å². The smallest absolute Gasteiger partial charge is 0.324 e. The molecule has 2 atom stereocenters. The molecule has 1 saturated heterocycles. The normalized spacial score (nSPS) is 24.1. The Balaban J connectivity index is 2.70. The molecule has 1 heterocycles. The Morgan fingerprint density at radius 3 is 2.50 bits per heavy atom. The van der Waals surface area contributed by atoms with Crippen LogP contribution in [0.25, 0.3) is 0 Å². The van der Waals surface area contributed by atoms with Gasteiger partial charge in [0.25, 0.3) is 0 Å². The minimum Gasteiger partial charge on any atom is -0.383 e. The van der Waals surface area contributed by atoms with E-state index in [2.05, 4.69) is 0 Å². The highest BCUT2D eigenvalue weighted by Gasteiger charge is 2.43. The molecular weight excluding hydrogens is 236 g/mol. The van der Waals surface area contributed by atoms with Crippen LogP contribution in [-0.2, 0) is 14.2 Å². The van der Waals surface area contributed by atoms with E-state index in [9.17, 15) is 4.79 Å². The fourth-order valence-electron chi connectivity index (χ4n) is 2.07. The van der Waals surface area contributed by atoms with Gasteiger partial charge in [-0.05, 0) is 20.8 Å². The van der Waals surface area contributed by atoms with Crippen LogP contribution in [0.15, 0.2) is 0 Å². The highest BCUT2D eigenvalue weighted by molar-refractivity contribution is 5.77. The Hall–Kier alpha value is -0.850. The second-order valence-electron chi connectivity index (χ2n) is 4.15. The van der Waals surface area contributed by atoms with Gasteiger partial charge in [0, 0.05) is 26.9 Å². The van der Waals surface area contributed by atoms with Crippen LogP contribution < -0.4 is 0 Å². The first-order chi connectivity index (χ1) is 8.67. The predicted octanol–water partition coefficient (Wildman–Crippen LogP) is 1.12. The van der Waals surface area contributed by atoms with E-state index in [1.807, 2.05) is 20.8 Å². The molecule has 0 aromatic carbocycles. The molecule has 0 aliphatic carbocycles. The zero-order chi connectivity index (χ0) is 13.5. The SMILES string of the molecule is CCOCN1C(=O)N(CCOC)C(C)C1OCC. The van der Waals surface area contributed by atoms with Gasteiger partial charge >= 0.3 is 6.03 Å². The number of hydrogen-bond acceptors (Lipinski definition) is 4. The number of carbonyl (C=O) groups is 1. The minimum atomic E-state index is -0.245. The molecular formula is C12H24N2O4. The number of ether oxygens (including phenoxy) is 3. The molecule has 1 fully saturated rings. The molecule has 18 heavy (non-hydrogen) atoms. The zero-order valence-corrected chi connectivity index (χ0v) is 11.7. The second kappa shape index (κ2) is 7.56. The maximum atomic E-state index is 12.2. The Morgan fingerprint density at radius 1 is 1.22 bits per heavy atom.